The molecule has 1 unspecified atom stereocenters. The molecular formula is C34H45NO3S2Si. The molecule has 3 rings (SSSR count). The van der Waals surface area contributed by atoms with E-state index < -0.39 is 8.32 Å². The van der Waals surface area contributed by atoms with Crippen molar-refractivity contribution in [2.75, 3.05) is 18.1 Å². The molecule has 0 saturated heterocycles. The van der Waals surface area contributed by atoms with Gasteiger partial charge in [-0.2, -0.15) is 11.8 Å². The van der Waals surface area contributed by atoms with Crippen LogP contribution in [0.25, 0.3) is 0 Å². The van der Waals surface area contributed by atoms with E-state index in [1.54, 1.807) is 6.92 Å². The fourth-order valence-corrected chi connectivity index (χ4v) is 11.3. The first kappa shape index (κ1) is 33.2. The molecule has 0 saturated carbocycles. The standard InChI is InChI=1S/C34H45NO3S2Si/c1-28(36)40-24-16-8-15-23-33(37)35-30(27-39-26-29-17-9-5-10-18-29)25-38-41(34(2,3)4,31-19-11-6-12-20-31)32-21-13-7-14-22-32/h5-7,9-14,17-22,30H,8,15-16,23-27H2,1-4H3,(H,35,37). The van der Waals surface area contributed by atoms with Crippen LogP contribution in [0.2, 0.25) is 5.04 Å². The van der Waals surface area contributed by atoms with Crippen LogP contribution in [0.3, 0.4) is 0 Å². The lowest BCUT2D eigenvalue weighted by Gasteiger charge is -2.43. The topological polar surface area (TPSA) is 55.4 Å². The van der Waals surface area contributed by atoms with Crippen LogP contribution in [0.4, 0.5) is 0 Å². The molecule has 0 aliphatic carbocycles. The number of amides is 1. The first-order valence-electron chi connectivity index (χ1n) is 14.5. The molecule has 0 spiro atoms. The number of rotatable bonds is 16. The van der Waals surface area contributed by atoms with Gasteiger partial charge in [0, 0.05) is 30.6 Å². The number of benzene rings is 3. The molecule has 3 aromatic carbocycles. The van der Waals surface area contributed by atoms with Crippen LogP contribution in [-0.4, -0.2) is 43.5 Å². The van der Waals surface area contributed by atoms with Crippen molar-refractivity contribution in [1.82, 2.24) is 5.32 Å². The third kappa shape index (κ3) is 10.5. The predicted molar refractivity (Wildman–Crippen MR) is 180 cm³/mol. The second-order valence-corrected chi connectivity index (χ2v) is 18.0. The van der Waals surface area contributed by atoms with Gasteiger partial charge in [0.25, 0.3) is 8.32 Å². The third-order valence-corrected chi connectivity index (χ3v) is 14.1. The summed E-state index contributed by atoms with van der Waals surface area (Å²) < 4.78 is 7.19. The molecule has 1 amide bonds. The summed E-state index contributed by atoms with van der Waals surface area (Å²) >= 11 is 3.19. The van der Waals surface area contributed by atoms with Gasteiger partial charge in [-0.1, -0.05) is 130 Å². The minimum absolute atomic E-state index is 0.0700. The highest BCUT2D eigenvalue weighted by Crippen LogP contribution is 2.37. The Balaban J connectivity index is 1.75. The van der Waals surface area contributed by atoms with E-state index in [0.717, 1.165) is 36.5 Å². The molecule has 220 valence electrons. The van der Waals surface area contributed by atoms with E-state index in [4.69, 9.17) is 4.43 Å². The van der Waals surface area contributed by atoms with E-state index in [1.165, 1.54) is 27.7 Å². The van der Waals surface area contributed by atoms with Crippen molar-refractivity contribution in [2.45, 2.75) is 70.2 Å². The highest BCUT2D eigenvalue weighted by molar-refractivity contribution is 8.13. The average Bonchev–Trinajstić information content (AvgIpc) is 2.96. The summed E-state index contributed by atoms with van der Waals surface area (Å²) in [4.78, 5) is 24.2. The molecule has 1 atom stereocenters. The molecule has 0 aromatic heterocycles. The number of nitrogens with one attached hydrogen (secondary N) is 1. The molecule has 1 N–H and O–H groups in total. The SMILES string of the molecule is CC(=O)SCCCCCC(=O)NC(CO[Si](c1ccccc1)(c1ccccc1)C(C)(C)C)CSCc1ccccc1. The Labute approximate surface area is 256 Å². The van der Waals surface area contributed by atoms with Gasteiger partial charge in [0.2, 0.25) is 5.91 Å². The summed E-state index contributed by atoms with van der Waals surface area (Å²) in [7, 11) is -2.71. The summed E-state index contributed by atoms with van der Waals surface area (Å²) in [6, 6.07) is 31.6. The Morgan fingerprint density at radius 3 is 1.93 bits per heavy atom. The number of hydrogen-bond donors (Lipinski definition) is 1. The van der Waals surface area contributed by atoms with Gasteiger partial charge in [-0.25, -0.2) is 0 Å². The first-order valence-corrected chi connectivity index (χ1v) is 18.6. The van der Waals surface area contributed by atoms with Gasteiger partial charge in [-0.05, 0) is 33.8 Å². The number of hydrogen-bond acceptors (Lipinski definition) is 5. The van der Waals surface area contributed by atoms with Gasteiger partial charge in [0.15, 0.2) is 5.12 Å². The Morgan fingerprint density at radius 1 is 0.829 bits per heavy atom. The van der Waals surface area contributed by atoms with E-state index in [1.807, 2.05) is 17.8 Å². The lowest BCUT2D eigenvalue weighted by atomic mass is 10.2. The smallest absolute Gasteiger partial charge is 0.261 e. The second-order valence-electron chi connectivity index (χ2n) is 11.4. The molecular weight excluding hydrogens is 563 g/mol. The molecule has 0 radical (unpaired) electrons. The Morgan fingerprint density at radius 2 is 1.39 bits per heavy atom. The maximum Gasteiger partial charge on any atom is 0.261 e. The Kier molecular flexibility index (Phi) is 13.7. The minimum atomic E-state index is -2.71. The molecule has 7 heteroatoms. The lowest BCUT2D eigenvalue weighted by Crippen LogP contribution is -2.67. The van der Waals surface area contributed by atoms with Crippen molar-refractivity contribution in [1.29, 1.82) is 0 Å². The van der Waals surface area contributed by atoms with E-state index in [0.29, 0.717) is 13.0 Å². The summed E-state index contributed by atoms with van der Waals surface area (Å²) in [5.74, 6) is 2.55. The zero-order valence-electron chi connectivity index (χ0n) is 24.9. The van der Waals surface area contributed by atoms with Crippen molar-refractivity contribution in [3.8, 4) is 0 Å². The fraction of sp³-hybridized carbons (Fsp3) is 0.412. The minimum Gasteiger partial charge on any atom is -0.405 e. The molecule has 0 fully saturated rings. The summed E-state index contributed by atoms with van der Waals surface area (Å²) in [6.45, 7) is 8.89. The molecule has 0 heterocycles. The molecule has 0 aliphatic heterocycles. The van der Waals surface area contributed by atoms with Gasteiger partial charge in [0.05, 0.1) is 12.6 Å². The summed E-state index contributed by atoms with van der Waals surface area (Å²) in [5, 5.41) is 5.82. The Bertz CT molecular complexity index is 1150. The van der Waals surface area contributed by atoms with Gasteiger partial charge < -0.3 is 9.74 Å². The normalized spacial score (nSPS) is 12.6. The Hall–Kier alpha value is -2.32. The van der Waals surface area contributed by atoms with Crippen LogP contribution in [0.15, 0.2) is 91.0 Å². The van der Waals surface area contributed by atoms with E-state index in [2.05, 4.69) is 111 Å². The van der Waals surface area contributed by atoms with E-state index >= 15 is 0 Å². The van der Waals surface area contributed by atoms with E-state index in [9.17, 15) is 9.59 Å². The van der Waals surface area contributed by atoms with Crippen molar-refractivity contribution in [2.24, 2.45) is 0 Å². The fourth-order valence-electron chi connectivity index (χ4n) is 5.09. The van der Waals surface area contributed by atoms with Crippen LogP contribution in [0.1, 0.15) is 58.9 Å². The average molecular weight is 608 g/mol. The largest absolute Gasteiger partial charge is 0.405 e. The molecule has 4 nitrogen and oxygen atoms in total. The summed E-state index contributed by atoms with van der Waals surface area (Å²) in [5.41, 5.74) is 1.28. The first-order chi connectivity index (χ1) is 19.7. The number of thioether (sulfide) groups is 2. The highest BCUT2D eigenvalue weighted by Gasteiger charge is 2.50. The lowest BCUT2D eigenvalue weighted by molar-refractivity contribution is -0.122. The maximum atomic E-state index is 13.1. The van der Waals surface area contributed by atoms with Crippen molar-refractivity contribution in [3.63, 3.8) is 0 Å². The zero-order chi connectivity index (χ0) is 29.6. The van der Waals surface area contributed by atoms with Crippen LogP contribution in [0, 0.1) is 0 Å². The van der Waals surface area contributed by atoms with Crippen molar-refractivity contribution >= 4 is 53.2 Å². The number of unbranched alkanes of at least 4 members (excludes halogenated alkanes) is 2. The zero-order valence-corrected chi connectivity index (χ0v) is 27.6. The monoisotopic (exact) mass is 607 g/mol. The molecule has 0 aliphatic rings. The van der Waals surface area contributed by atoms with Crippen LogP contribution in [0.5, 0.6) is 0 Å². The summed E-state index contributed by atoms with van der Waals surface area (Å²) in [6.07, 6.45) is 3.21. The second kappa shape index (κ2) is 17.0. The number of carbonyl (C=O) groups excluding carboxylic acids is 2. The molecule has 3 aromatic rings. The van der Waals surface area contributed by atoms with Crippen LogP contribution >= 0.6 is 23.5 Å². The van der Waals surface area contributed by atoms with Crippen LogP contribution < -0.4 is 15.7 Å². The van der Waals surface area contributed by atoms with Crippen LogP contribution in [-0.2, 0) is 19.8 Å². The van der Waals surface area contributed by atoms with Gasteiger partial charge >= 0.3 is 0 Å². The highest BCUT2D eigenvalue weighted by atomic mass is 32.2. The maximum absolute atomic E-state index is 13.1. The van der Waals surface area contributed by atoms with Gasteiger partial charge in [-0.3, -0.25) is 9.59 Å². The molecule has 41 heavy (non-hydrogen) atoms. The van der Waals surface area contributed by atoms with Gasteiger partial charge in [0.1, 0.15) is 0 Å². The van der Waals surface area contributed by atoms with Gasteiger partial charge in [-0.15, -0.1) is 0 Å². The third-order valence-electron chi connectivity index (χ3n) is 7.07. The van der Waals surface area contributed by atoms with E-state index in [-0.39, 0.29) is 22.1 Å². The van der Waals surface area contributed by atoms with Crippen molar-refractivity contribution in [3.05, 3.63) is 96.6 Å². The quantitative estimate of drug-likeness (QED) is 0.143. The predicted octanol–water partition coefficient (Wildman–Crippen LogP) is 6.82. The van der Waals surface area contributed by atoms with Crippen molar-refractivity contribution < 1.29 is 14.0 Å². The molecule has 0 bridgehead atoms. The number of carbonyl (C=O) groups is 2.